The van der Waals surface area contributed by atoms with E-state index < -0.39 is 0 Å². The second-order valence-corrected chi connectivity index (χ2v) is 12.5. The molecule has 0 N–H and O–H groups in total. The summed E-state index contributed by atoms with van der Waals surface area (Å²) in [6, 6.07) is 8.13. The molecule has 0 fully saturated rings. The molecule has 0 spiro atoms. The quantitative estimate of drug-likeness (QED) is 0.402. The summed E-state index contributed by atoms with van der Waals surface area (Å²) in [5, 5.41) is 0.707. The van der Waals surface area contributed by atoms with E-state index in [1.165, 1.54) is 5.57 Å². The number of nitrogens with zero attached hydrogens (tertiary/aromatic N) is 3. The molecule has 0 unspecified atom stereocenters. The molecule has 3 heterocycles. The van der Waals surface area contributed by atoms with E-state index in [1.54, 1.807) is 11.3 Å². The molecule has 194 valence electrons. The molecular weight excluding hydrogens is 478 g/mol. The van der Waals surface area contributed by atoms with Crippen LogP contribution in [0.15, 0.2) is 35.1 Å². The number of pyridine rings is 1. The highest BCUT2D eigenvalue weighted by atomic mass is 32.1. The van der Waals surface area contributed by atoms with Crippen molar-refractivity contribution < 1.29 is 4.79 Å². The van der Waals surface area contributed by atoms with Gasteiger partial charge in [0.05, 0.1) is 16.9 Å². The number of aryl methyl sites for hydroxylation is 3. The third-order valence-electron chi connectivity index (χ3n) is 7.82. The Morgan fingerprint density at radius 3 is 2.38 bits per heavy atom. The lowest BCUT2D eigenvalue weighted by atomic mass is 9.75. The van der Waals surface area contributed by atoms with Crippen LogP contribution in [-0.2, 0) is 19.3 Å². The number of likely N-dealkylation sites (N-methyl/N-ethyl adjacent to an activating group) is 1. The Hall–Kier alpha value is -2.83. The lowest BCUT2D eigenvalue weighted by molar-refractivity contribution is 0.0909. The molecule has 2 aromatic heterocycles. The van der Waals surface area contributed by atoms with Gasteiger partial charge < -0.3 is 4.90 Å². The zero-order valence-electron chi connectivity index (χ0n) is 22.9. The molecule has 0 radical (unpaired) electrons. The van der Waals surface area contributed by atoms with E-state index in [1.807, 2.05) is 10.6 Å². The number of benzene rings is 1. The van der Waals surface area contributed by atoms with Crippen molar-refractivity contribution in [2.24, 2.45) is 5.41 Å². The van der Waals surface area contributed by atoms with Crippen molar-refractivity contribution in [2.45, 2.75) is 66.7 Å². The number of carbonyl (C=O) groups excluding carboxylic acids is 1. The number of fused-ring (bicyclic) bond motifs is 1. The molecule has 0 saturated carbocycles. The number of hydrogen-bond acceptors (Lipinski definition) is 5. The second-order valence-electron chi connectivity index (χ2n) is 11.3. The van der Waals surface area contributed by atoms with Crippen LogP contribution in [0.25, 0.3) is 21.8 Å². The van der Waals surface area contributed by atoms with Crippen molar-refractivity contribution in [3.63, 3.8) is 0 Å². The molecule has 2 aliphatic rings. The maximum absolute atomic E-state index is 14.4. The van der Waals surface area contributed by atoms with E-state index in [0.29, 0.717) is 29.0 Å². The summed E-state index contributed by atoms with van der Waals surface area (Å²) < 4.78 is 1.88. The highest BCUT2D eigenvalue weighted by molar-refractivity contribution is 7.15. The van der Waals surface area contributed by atoms with Gasteiger partial charge in [-0.25, -0.2) is 4.98 Å². The Bertz CT molecular complexity index is 1450. The largest absolute Gasteiger partial charge is 0.302 e. The van der Waals surface area contributed by atoms with Crippen LogP contribution in [0.3, 0.4) is 0 Å². The van der Waals surface area contributed by atoms with Crippen molar-refractivity contribution in [3.05, 3.63) is 73.7 Å². The topological polar surface area (TPSA) is 55.2 Å². The third-order valence-corrected chi connectivity index (χ3v) is 8.82. The zero-order valence-corrected chi connectivity index (χ0v) is 23.7. The van der Waals surface area contributed by atoms with E-state index >= 15 is 0 Å². The van der Waals surface area contributed by atoms with Gasteiger partial charge in [-0.05, 0) is 67.8 Å². The molecule has 5 rings (SSSR count). The number of thiazole rings is 1. The van der Waals surface area contributed by atoms with Crippen molar-refractivity contribution in [2.75, 3.05) is 20.1 Å². The van der Waals surface area contributed by atoms with Gasteiger partial charge in [-0.3, -0.25) is 14.2 Å². The van der Waals surface area contributed by atoms with Crippen molar-refractivity contribution in [1.82, 2.24) is 14.5 Å². The van der Waals surface area contributed by atoms with Gasteiger partial charge >= 0.3 is 0 Å². The fraction of sp³-hybridized carbons (Fsp3) is 0.452. The molecule has 1 aliphatic heterocycles. The third kappa shape index (κ3) is 4.66. The van der Waals surface area contributed by atoms with Crippen LogP contribution in [0.2, 0.25) is 0 Å². The minimum Gasteiger partial charge on any atom is -0.302 e. The predicted octanol–water partition coefficient (Wildman–Crippen LogP) is 6.27. The number of hydrogen-bond donors (Lipinski definition) is 0. The number of para-hydroxylation sites is 1. The standard InChI is InChI=1S/C31H37N3O2S/c1-7-20-10-9-11-21(8-2)28(20)34-25-17-31(4,5)18-26(35)23(25)16-24(30(34)36)29-32-27(19(3)37-29)22-12-14-33(6)15-13-22/h9-12,16H,7-8,13-15,17-18H2,1-6H3. The van der Waals surface area contributed by atoms with Gasteiger partial charge in [-0.1, -0.05) is 52.0 Å². The lowest BCUT2D eigenvalue weighted by Gasteiger charge is -2.33. The molecule has 0 atom stereocenters. The van der Waals surface area contributed by atoms with Crippen molar-refractivity contribution >= 4 is 22.7 Å². The van der Waals surface area contributed by atoms with Crippen LogP contribution in [-0.4, -0.2) is 40.4 Å². The maximum atomic E-state index is 14.4. The maximum Gasteiger partial charge on any atom is 0.265 e. The SMILES string of the molecule is CCc1cccc(CC)c1-n1c2c(cc(-c3nc(C4=CCN(C)CC4)c(C)s3)c1=O)C(=O)CC(C)(C)C2. The molecule has 5 nitrogen and oxygen atoms in total. The van der Waals surface area contributed by atoms with Crippen LogP contribution in [0, 0.1) is 12.3 Å². The Labute approximate surface area is 223 Å². The first kappa shape index (κ1) is 25.8. The number of carbonyl (C=O) groups is 1. The van der Waals surface area contributed by atoms with Crippen molar-refractivity contribution in [3.8, 4) is 16.3 Å². The summed E-state index contributed by atoms with van der Waals surface area (Å²) in [7, 11) is 2.12. The van der Waals surface area contributed by atoms with Crippen LogP contribution in [0.4, 0.5) is 0 Å². The number of Topliss-reactive ketones (excluding diaryl/α,β-unsaturated/α-hetero) is 1. The summed E-state index contributed by atoms with van der Waals surface area (Å²) in [6.07, 6.45) is 6.00. The molecule has 1 aromatic carbocycles. The lowest BCUT2D eigenvalue weighted by Crippen LogP contribution is -2.35. The molecule has 37 heavy (non-hydrogen) atoms. The normalized spacial score (nSPS) is 17.6. The summed E-state index contributed by atoms with van der Waals surface area (Å²) >= 11 is 1.56. The Morgan fingerprint density at radius 1 is 1.05 bits per heavy atom. The highest BCUT2D eigenvalue weighted by Gasteiger charge is 2.35. The minimum absolute atomic E-state index is 0.0718. The van der Waals surface area contributed by atoms with Gasteiger partial charge in [-0.2, -0.15) is 0 Å². The summed E-state index contributed by atoms with van der Waals surface area (Å²) in [4.78, 5) is 36.3. The average Bonchev–Trinajstić information content (AvgIpc) is 3.24. The summed E-state index contributed by atoms with van der Waals surface area (Å²) in [5.41, 5.74) is 7.24. The van der Waals surface area contributed by atoms with Crippen LogP contribution < -0.4 is 5.56 Å². The van der Waals surface area contributed by atoms with Crippen LogP contribution >= 0.6 is 11.3 Å². The monoisotopic (exact) mass is 515 g/mol. The molecule has 0 bridgehead atoms. The van der Waals surface area contributed by atoms with Gasteiger partial charge in [-0.15, -0.1) is 11.3 Å². The van der Waals surface area contributed by atoms with Gasteiger partial charge in [0.15, 0.2) is 5.78 Å². The van der Waals surface area contributed by atoms with E-state index in [2.05, 4.69) is 70.8 Å². The first-order chi connectivity index (χ1) is 17.6. The van der Waals surface area contributed by atoms with Gasteiger partial charge in [0.2, 0.25) is 0 Å². The average molecular weight is 516 g/mol. The predicted molar refractivity (Wildman–Crippen MR) is 153 cm³/mol. The first-order valence-electron chi connectivity index (χ1n) is 13.4. The minimum atomic E-state index is -0.196. The Kier molecular flexibility index (Phi) is 6.84. The van der Waals surface area contributed by atoms with E-state index in [-0.39, 0.29) is 16.8 Å². The van der Waals surface area contributed by atoms with Crippen LogP contribution in [0.5, 0.6) is 0 Å². The highest BCUT2D eigenvalue weighted by Crippen LogP contribution is 2.39. The van der Waals surface area contributed by atoms with Crippen LogP contribution in [0.1, 0.15) is 78.3 Å². The molecule has 1 aliphatic carbocycles. The van der Waals surface area contributed by atoms with E-state index in [9.17, 15) is 9.59 Å². The summed E-state index contributed by atoms with van der Waals surface area (Å²) in [6.45, 7) is 12.5. The van der Waals surface area contributed by atoms with Crippen molar-refractivity contribution in [1.29, 1.82) is 0 Å². The van der Waals surface area contributed by atoms with E-state index in [4.69, 9.17) is 4.98 Å². The van der Waals surface area contributed by atoms with Gasteiger partial charge in [0, 0.05) is 35.6 Å². The molecule has 6 heteroatoms. The van der Waals surface area contributed by atoms with Gasteiger partial charge in [0.25, 0.3) is 5.56 Å². The Morgan fingerprint density at radius 2 is 1.76 bits per heavy atom. The fourth-order valence-corrected chi connectivity index (χ4v) is 6.76. The number of aromatic nitrogens is 2. The number of ketones is 1. The first-order valence-corrected chi connectivity index (χ1v) is 14.2. The molecule has 0 saturated heterocycles. The Balaban J connectivity index is 1.78. The fourth-order valence-electron chi connectivity index (χ4n) is 5.80. The number of rotatable bonds is 5. The molecule has 3 aromatic rings. The zero-order chi connectivity index (χ0) is 26.5. The van der Waals surface area contributed by atoms with E-state index in [0.717, 1.165) is 65.4 Å². The second kappa shape index (κ2) is 9.80. The molecule has 0 amide bonds. The smallest absolute Gasteiger partial charge is 0.265 e. The van der Waals surface area contributed by atoms with Gasteiger partial charge in [0.1, 0.15) is 5.01 Å². The summed E-state index contributed by atoms with van der Waals surface area (Å²) in [5.74, 6) is 0.111. The molecular formula is C31H37N3O2S.